The minimum atomic E-state index is -0.174. The van der Waals surface area contributed by atoms with Gasteiger partial charge in [0.1, 0.15) is 0 Å². The number of hydrogen-bond donors (Lipinski definition) is 0. The van der Waals surface area contributed by atoms with Crippen molar-refractivity contribution >= 4 is 23.6 Å². The lowest BCUT2D eigenvalue weighted by Crippen LogP contribution is -2.41. The van der Waals surface area contributed by atoms with E-state index in [1.165, 1.54) is 24.4 Å². The third kappa shape index (κ3) is 4.76. The van der Waals surface area contributed by atoms with Crippen LogP contribution < -0.4 is 0 Å². The summed E-state index contributed by atoms with van der Waals surface area (Å²) in [5, 5.41) is 0.801. The number of carbonyl (C=O) groups is 2. The molecule has 2 heterocycles. The van der Waals surface area contributed by atoms with Crippen molar-refractivity contribution in [2.75, 3.05) is 26.0 Å². The Morgan fingerprint density at radius 2 is 1.89 bits per heavy atom. The van der Waals surface area contributed by atoms with E-state index in [0.717, 1.165) is 10.8 Å². The summed E-state index contributed by atoms with van der Waals surface area (Å²) in [6, 6.07) is 8.43. The first-order chi connectivity index (χ1) is 13.5. The number of hydrogen-bond acceptors (Lipinski definition) is 5. The number of methoxy groups -OCH3 is 1. The van der Waals surface area contributed by atoms with E-state index in [2.05, 4.69) is 43.1 Å². The number of thioether (sulfide) groups is 1. The second kappa shape index (κ2) is 9.28. The summed E-state index contributed by atoms with van der Waals surface area (Å²) >= 11 is 1.44. The normalized spacial score (nSPS) is 15.1. The quantitative estimate of drug-likeness (QED) is 0.548. The summed E-state index contributed by atoms with van der Waals surface area (Å²) in [4.78, 5) is 30.4. The number of rotatable bonds is 6. The first kappa shape index (κ1) is 20.5. The standard InChI is InChI=1S/C21H27N3O3S/c1-15(2)16-4-6-18(7-5-16)24-13-10-22-21(24)28-14-19(25)23-11-8-17(9-12-23)20(26)27-3/h4-7,10,13,15,17H,8-9,11-12,14H2,1-3H3. The van der Waals surface area contributed by atoms with Crippen molar-refractivity contribution in [2.45, 2.75) is 37.8 Å². The highest BCUT2D eigenvalue weighted by molar-refractivity contribution is 7.99. The molecule has 2 aromatic rings. The minimum Gasteiger partial charge on any atom is -0.469 e. The number of amides is 1. The van der Waals surface area contributed by atoms with Crippen LogP contribution in [0.3, 0.4) is 0 Å². The van der Waals surface area contributed by atoms with Crippen molar-refractivity contribution < 1.29 is 14.3 Å². The van der Waals surface area contributed by atoms with Gasteiger partial charge in [-0.15, -0.1) is 0 Å². The van der Waals surface area contributed by atoms with Gasteiger partial charge in [-0.2, -0.15) is 0 Å². The van der Waals surface area contributed by atoms with Crippen molar-refractivity contribution in [3.05, 3.63) is 42.2 Å². The highest BCUT2D eigenvalue weighted by Gasteiger charge is 2.27. The molecule has 0 unspecified atom stereocenters. The van der Waals surface area contributed by atoms with Gasteiger partial charge in [-0.3, -0.25) is 14.2 Å². The lowest BCUT2D eigenvalue weighted by atomic mass is 9.97. The number of nitrogens with zero attached hydrogens (tertiary/aromatic N) is 3. The molecule has 0 radical (unpaired) electrons. The van der Waals surface area contributed by atoms with Gasteiger partial charge in [-0.25, -0.2) is 4.98 Å². The molecule has 1 aromatic heterocycles. The van der Waals surface area contributed by atoms with Crippen molar-refractivity contribution in [3.8, 4) is 5.69 Å². The molecule has 3 rings (SSSR count). The van der Waals surface area contributed by atoms with E-state index in [1.54, 1.807) is 6.20 Å². The lowest BCUT2D eigenvalue weighted by Gasteiger charge is -2.30. The van der Waals surface area contributed by atoms with Crippen molar-refractivity contribution in [1.29, 1.82) is 0 Å². The molecule has 6 nitrogen and oxygen atoms in total. The number of esters is 1. The molecular weight excluding hydrogens is 374 g/mol. The predicted octanol–water partition coefficient (Wildman–Crippen LogP) is 3.50. The highest BCUT2D eigenvalue weighted by atomic mass is 32.2. The molecule has 1 saturated heterocycles. The van der Waals surface area contributed by atoms with Crippen LogP contribution in [0.2, 0.25) is 0 Å². The molecule has 0 atom stereocenters. The van der Waals surface area contributed by atoms with Gasteiger partial charge in [0.05, 0.1) is 18.8 Å². The van der Waals surface area contributed by atoms with E-state index >= 15 is 0 Å². The summed E-state index contributed by atoms with van der Waals surface area (Å²) in [7, 11) is 1.41. The summed E-state index contributed by atoms with van der Waals surface area (Å²) in [5.41, 5.74) is 2.33. The molecule has 1 amide bonds. The van der Waals surface area contributed by atoms with Crippen LogP contribution in [0, 0.1) is 5.92 Å². The molecule has 0 bridgehead atoms. The molecule has 1 aliphatic rings. The summed E-state index contributed by atoms with van der Waals surface area (Å²) in [6.45, 7) is 5.55. The second-order valence-corrected chi connectivity index (χ2v) is 8.24. The smallest absolute Gasteiger partial charge is 0.308 e. The Kier molecular flexibility index (Phi) is 6.78. The molecule has 1 aliphatic heterocycles. The second-order valence-electron chi connectivity index (χ2n) is 7.29. The molecular formula is C21H27N3O3S. The zero-order valence-electron chi connectivity index (χ0n) is 16.6. The van der Waals surface area contributed by atoms with E-state index in [1.807, 2.05) is 15.7 Å². The number of carbonyl (C=O) groups excluding carboxylic acids is 2. The van der Waals surface area contributed by atoms with E-state index in [9.17, 15) is 9.59 Å². The summed E-state index contributed by atoms with van der Waals surface area (Å²) < 4.78 is 6.81. The predicted molar refractivity (Wildman–Crippen MR) is 110 cm³/mol. The van der Waals surface area contributed by atoms with E-state index in [4.69, 9.17) is 4.74 Å². The molecule has 0 aliphatic carbocycles. The fourth-order valence-corrected chi connectivity index (χ4v) is 4.24. The Morgan fingerprint density at radius 3 is 2.50 bits per heavy atom. The van der Waals surface area contributed by atoms with Gasteiger partial charge in [0, 0.05) is 31.2 Å². The largest absolute Gasteiger partial charge is 0.469 e. The monoisotopic (exact) mass is 401 g/mol. The first-order valence-electron chi connectivity index (χ1n) is 9.61. The highest BCUT2D eigenvalue weighted by Crippen LogP contribution is 2.24. The van der Waals surface area contributed by atoms with Gasteiger partial charge in [-0.1, -0.05) is 37.7 Å². The van der Waals surface area contributed by atoms with Crippen LogP contribution in [0.4, 0.5) is 0 Å². The van der Waals surface area contributed by atoms with Crippen LogP contribution in [-0.4, -0.2) is 52.3 Å². The average Bonchev–Trinajstić information content (AvgIpc) is 3.20. The maximum absolute atomic E-state index is 12.6. The first-order valence-corrected chi connectivity index (χ1v) is 10.6. The Morgan fingerprint density at radius 1 is 1.21 bits per heavy atom. The van der Waals surface area contributed by atoms with Crippen molar-refractivity contribution in [3.63, 3.8) is 0 Å². The summed E-state index contributed by atoms with van der Waals surface area (Å²) in [6.07, 6.45) is 5.00. The fraction of sp³-hybridized carbons (Fsp3) is 0.476. The molecule has 0 spiro atoms. The van der Waals surface area contributed by atoms with Crippen LogP contribution in [0.25, 0.3) is 5.69 Å². The number of piperidine rings is 1. The molecule has 7 heteroatoms. The molecule has 1 fully saturated rings. The minimum absolute atomic E-state index is 0.0815. The maximum atomic E-state index is 12.6. The van der Waals surface area contributed by atoms with Crippen LogP contribution in [0.15, 0.2) is 41.8 Å². The SMILES string of the molecule is COC(=O)C1CCN(C(=O)CSc2nccn2-c2ccc(C(C)C)cc2)CC1. The Bertz CT molecular complexity index is 809. The number of ether oxygens (including phenoxy) is 1. The number of likely N-dealkylation sites (tertiary alicyclic amines) is 1. The number of aromatic nitrogens is 2. The van der Waals surface area contributed by atoms with Crippen molar-refractivity contribution in [1.82, 2.24) is 14.5 Å². The van der Waals surface area contributed by atoms with Crippen LogP contribution in [-0.2, 0) is 14.3 Å². The van der Waals surface area contributed by atoms with Gasteiger partial charge in [0.15, 0.2) is 5.16 Å². The van der Waals surface area contributed by atoms with Crippen LogP contribution in [0.5, 0.6) is 0 Å². The van der Waals surface area contributed by atoms with E-state index in [0.29, 0.717) is 37.6 Å². The Balaban J connectivity index is 1.57. The van der Waals surface area contributed by atoms with Gasteiger partial charge >= 0.3 is 5.97 Å². The third-order valence-corrected chi connectivity index (χ3v) is 6.10. The van der Waals surface area contributed by atoms with E-state index in [-0.39, 0.29) is 17.8 Å². The van der Waals surface area contributed by atoms with Crippen LogP contribution >= 0.6 is 11.8 Å². The number of imidazole rings is 1. The van der Waals surface area contributed by atoms with Gasteiger partial charge in [0.2, 0.25) is 5.91 Å². The van der Waals surface area contributed by atoms with Gasteiger partial charge in [0.25, 0.3) is 0 Å². The number of benzene rings is 1. The molecule has 28 heavy (non-hydrogen) atoms. The molecule has 150 valence electrons. The Hall–Kier alpha value is -2.28. The van der Waals surface area contributed by atoms with Crippen LogP contribution in [0.1, 0.15) is 38.2 Å². The zero-order chi connectivity index (χ0) is 20.1. The fourth-order valence-electron chi connectivity index (χ4n) is 3.36. The van der Waals surface area contributed by atoms with E-state index < -0.39 is 0 Å². The van der Waals surface area contributed by atoms with Gasteiger partial charge in [-0.05, 0) is 36.5 Å². The maximum Gasteiger partial charge on any atom is 0.308 e. The topological polar surface area (TPSA) is 64.4 Å². The lowest BCUT2D eigenvalue weighted by molar-refractivity contribution is -0.148. The Labute approximate surface area is 170 Å². The summed E-state index contributed by atoms with van der Waals surface area (Å²) in [5.74, 6) is 0.648. The molecule has 0 saturated carbocycles. The van der Waals surface area contributed by atoms with Crippen molar-refractivity contribution in [2.24, 2.45) is 5.92 Å². The molecule has 0 N–H and O–H groups in total. The molecule has 1 aromatic carbocycles. The van der Waals surface area contributed by atoms with Gasteiger partial charge < -0.3 is 9.64 Å². The third-order valence-electron chi connectivity index (χ3n) is 5.15. The average molecular weight is 402 g/mol. The zero-order valence-corrected chi connectivity index (χ0v) is 17.4.